The summed E-state index contributed by atoms with van der Waals surface area (Å²) < 4.78 is 4.95. The van der Waals surface area contributed by atoms with Crippen LogP contribution in [0, 0.1) is 0 Å². The molecule has 150 valence electrons. The van der Waals surface area contributed by atoms with Gasteiger partial charge in [-0.05, 0) is 67.3 Å². The van der Waals surface area contributed by atoms with Crippen molar-refractivity contribution < 1.29 is 14.6 Å². The molecule has 0 saturated carbocycles. The zero-order valence-corrected chi connectivity index (χ0v) is 16.7. The number of phenols is 1. The van der Waals surface area contributed by atoms with Crippen molar-refractivity contribution in [2.75, 3.05) is 25.1 Å². The van der Waals surface area contributed by atoms with E-state index in [1.807, 2.05) is 62.5 Å². The number of hydrogen-bond donors (Lipinski definition) is 1. The predicted octanol–water partition coefficient (Wildman–Crippen LogP) is 5.74. The third-order valence-corrected chi connectivity index (χ3v) is 4.59. The average Bonchev–Trinajstić information content (AvgIpc) is 2.73. The van der Waals surface area contributed by atoms with Gasteiger partial charge in [0, 0.05) is 31.1 Å². The maximum Gasteiger partial charge on any atom is 0.305 e. The molecule has 1 N–H and O–H groups in total. The SMILES string of the molecule is CCOC(=O)CCCN(C)c1ccc(N=Nc2ccc3c(O)cccc3c2)cc1. The number of carbonyl (C=O) groups excluding carboxylic acids is 1. The van der Waals surface area contributed by atoms with E-state index in [-0.39, 0.29) is 11.7 Å². The largest absolute Gasteiger partial charge is 0.507 e. The fourth-order valence-corrected chi connectivity index (χ4v) is 3.03. The Morgan fingerprint density at radius 2 is 1.76 bits per heavy atom. The molecule has 6 nitrogen and oxygen atoms in total. The van der Waals surface area contributed by atoms with Crippen molar-refractivity contribution in [3.05, 3.63) is 60.7 Å². The third kappa shape index (κ3) is 5.54. The van der Waals surface area contributed by atoms with E-state index in [1.165, 1.54) is 0 Å². The molecule has 0 heterocycles. The number of hydrogen-bond acceptors (Lipinski definition) is 6. The van der Waals surface area contributed by atoms with Crippen LogP contribution >= 0.6 is 0 Å². The molecule has 0 aliphatic carbocycles. The van der Waals surface area contributed by atoms with E-state index in [4.69, 9.17) is 4.74 Å². The van der Waals surface area contributed by atoms with Gasteiger partial charge in [-0.3, -0.25) is 4.79 Å². The summed E-state index contributed by atoms with van der Waals surface area (Å²) in [5, 5.41) is 20.2. The molecule has 0 fully saturated rings. The van der Waals surface area contributed by atoms with Crippen LogP contribution in [0.5, 0.6) is 5.75 Å². The lowest BCUT2D eigenvalue weighted by Crippen LogP contribution is -2.19. The molecule has 6 heteroatoms. The Morgan fingerprint density at radius 1 is 1.03 bits per heavy atom. The molecule has 3 aromatic carbocycles. The summed E-state index contributed by atoms with van der Waals surface area (Å²) >= 11 is 0. The Bertz CT molecular complexity index is 1000. The molecular weight excluding hydrogens is 366 g/mol. The number of rotatable bonds is 8. The van der Waals surface area contributed by atoms with E-state index < -0.39 is 0 Å². The number of ether oxygens (including phenoxy) is 1. The number of phenolic OH excluding ortho intramolecular Hbond substituents is 1. The first kappa shape index (κ1) is 20.3. The van der Waals surface area contributed by atoms with E-state index in [2.05, 4.69) is 15.1 Å². The maximum absolute atomic E-state index is 11.4. The van der Waals surface area contributed by atoms with E-state index in [1.54, 1.807) is 12.1 Å². The third-order valence-electron chi connectivity index (χ3n) is 4.59. The highest BCUT2D eigenvalue weighted by Crippen LogP contribution is 2.29. The minimum absolute atomic E-state index is 0.152. The number of anilines is 1. The number of fused-ring (bicyclic) bond motifs is 1. The quantitative estimate of drug-likeness (QED) is 0.392. The van der Waals surface area contributed by atoms with E-state index in [9.17, 15) is 9.90 Å². The Kier molecular flexibility index (Phi) is 6.79. The van der Waals surface area contributed by atoms with Gasteiger partial charge < -0.3 is 14.7 Å². The number of benzene rings is 3. The highest BCUT2D eigenvalue weighted by Gasteiger charge is 2.05. The lowest BCUT2D eigenvalue weighted by molar-refractivity contribution is -0.143. The summed E-state index contributed by atoms with van der Waals surface area (Å²) in [5.74, 6) is 0.105. The van der Waals surface area contributed by atoms with Crippen LogP contribution in [0.3, 0.4) is 0 Å². The minimum Gasteiger partial charge on any atom is -0.507 e. The van der Waals surface area contributed by atoms with Gasteiger partial charge in [0.05, 0.1) is 18.0 Å². The van der Waals surface area contributed by atoms with E-state index >= 15 is 0 Å². The zero-order valence-electron chi connectivity index (χ0n) is 16.7. The van der Waals surface area contributed by atoms with Gasteiger partial charge in [0.1, 0.15) is 5.75 Å². The van der Waals surface area contributed by atoms with E-state index in [0.717, 1.165) is 40.8 Å². The molecule has 3 rings (SSSR count). The molecule has 0 saturated heterocycles. The van der Waals surface area contributed by atoms with Crippen molar-refractivity contribution >= 4 is 33.8 Å². The first-order valence-electron chi connectivity index (χ1n) is 9.67. The van der Waals surface area contributed by atoms with Crippen LogP contribution in [0.25, 0.3) is 10.8 Å². The summed E-state index contributed by atoms with van der Waals surface area (Å²) in [6.45, 7) is 3.00. The highest BCUT2D eigenvalue weighted by molar-refractivity contribution is 5.90. The predicted molar refractivity (Wildman–Crippen MR) is 115 cm³/mol. The summed E-state index contributed by atoms with van der Waals surface area (Å²) in [6.07, 6.45) is 1.17. The number of esters is 1. The van der Waals surface area contributed by atoms with Crippen LogP contribution in [-0.2, 0) is 9.53 Å². The minimum atomic E-state index is -0.152. The van der Waals surface area contributed by atoms with Gasteiger partial charge in [0.25, 0.3) is 0 Å². The zero-order chi connectivity index (χ0) is 20.6. The van der Waals surface area contributed by atoms with Crippen molar-refractivity contribution in [2.45, 2.75) is 19.8 Å². The standard InChI is InChI=1S/C23H25N3O3/c1-3-29-23(28)8-5-15-26(2)20-12-9-18(10-13-20)24-25-19-11-14-21-17(16-19)6-4-7-22(21)27/h4,6-7,9-14,16,27H,3,5,8,15H2,1-2H3. The lowest BCUT2D eigenvalue weighted by atomic mass is 10.1. The Labute approximate surface area is 170 Å². The first-order chi connectivity index (χ1) is 14.1. The molecule has 0 unspecified atom stereocenters. The van der Waals surface area contributed by atoms with Crippen molar-refractivity contribution in [3.8, 4) is 5.75 Å². The van der Waals surface area contributed by atoms with Gasteiger partial charge in [-0.25, -0.2) is 0 Å². The Balaban J connectivity index is 1.59. The van der Waals surface area contributed by atoms with Crippen LogP contribution in [0.2, 0.25) is 0 Å². The van der Waals surface area contributed by atoms with Crippen molar-refractivity contribution in [1.29, 1.82) is 0 Å². The highest BCUT2D eigenvalue weighted by atomic mass is 16.5. The maximum atomic E-state index is 11.4. The molecule has 0 spiro atoms. The van der Waals surface area contributed by atoms with Crippen LogP contribution in [0.15, 0.2) is 70.9 Å². The van der Waals surface area contributed by atoms with Gasteiger partial charge in [-0.15, -0.1) is 0 Å². The normalized spacial score (nSPS) is 11.1. The Hall–Kier alpha value is -3.41. The fraction of sp³-hybridized carbons (Fsp3) is 0.261. The topological polar surface area (TPSA) is 74.5 Å². The molecule has 0 bridgehead atoms. The molecule has 0 amide bonds. The van der Waals surface area contributed by atoms with Gasteiger partial charge in [0.2, 0.25) is 0 Å². The van der Waals surface area contributed by atoms with Gasteiger partial charge in [-0.2, -0.15) is 10.2 Å². The molecule has 0 radical (unpaired) electrons. The van der Waals surface area contributed by atoms with Gasteiger partial charge >= 0.3 is 5.97 Å². The molecule has 0 aliphatic heterocycles. The van der Waals surface area contributed by atoms with E-state index in [0.29, 0.717) is 13.0 Å². The number of carbonyl (C=O) groups is 1. The molecule has 29 heavy (non-hydrogen) atoms. The van der Waals surface area contributed by atoms with Crippen molar-refractivity contribution in [3.63, 3.8) is 0 Å². The van der Waals surface area contributed by atoms with Crippen LogP contribution in [-0.4, -0.2) is 31.3 Å². The summed E-state index contributed by atoms with van der Waals surface area (Å²) in [6, 6.07) is 18.8. The van der Waals surface area contributed by atoms with Gasteiger partial charge in [0.15, 0.2) is 0 Å². The molecule has 0 atom stereocenters. The number of azo groups is 1. The van der Waals surface area contributed by atoms with Crippen LogP contribution < -0.4 is 4.90 Å². The van der Waals surface area contributed by atoms with Crippen molar-refractivity contribution in [2.24, 2.45) is 10.2 Å². The van der Waals surface area contributed by atoms with Crippen LogP contribution in [0.1, 0.15) is 19.8 Å². The second-order valence-corrected chi connectivity index (χ2v) is 6.73. The number of aromatic hydroxyl groups is 1. The monoisotopic (exact) mass is 391 g/mol. The van der Waals surface area contributed by atoms with Crippen LogP contribution in [0.4, 0.5) is 17.1 Å². The molecule has 0 aromatic heterocycles. The summed E-state index contributed by atoms with van der Waals surface area (Å²) in [7, 11) is 1.99. The summed E-state index contributed by atoms with van der Waals surface area (Å²) in [4.78, 5) is 13.5. The smallest absolute Gasteiger partial charge is 0.305 e. The first-order valence-corrected chi connectivity index (χ1v) is 9.67. The second-order valence-electron chi connectivity index (χ2n) is 6.73. The van der Waals surface area contributed by atoms with Gasteiger partial charge in [-0.1, -0.05) is 12.1 Å². The molecular formula is C23H25N3O3. The molecule has 0 aliphatic rings. The fourth-order valence-electron chi connectivity index (χ4n) is 3.03. The second kappa shape index (κ2) is 9.68. The lowest BCUT2D eigenvalue weighted by Gasteiger charge is -2.19. The van der Waals surface area contributed by atoms with Crippen molar-refractivity contribution in [1.82, 2.24) is 0 Å². The average molecular weight is 391 g/mol. The molecule has 3 aromatic rings. The summed E-state index contributed by atoms with van der Waals surface area (Å²) in [5.41, 5.74) is 2.53. The number of nitrogens with zero attached hydrogens (tertiary/aromatic N) is 3. The Morgan fingerprint density at radius 3 is 2.52 bits per heavy atom.